The molecule has 0 fully saturated rings. The molecule has 0 amide bonds. The smallest absolute Gasteiger partial charge is 0.123 e. The summed E-state index contributed by atoms with van der Waals surface area (Å²) < 4.78 is 0. The lowest BCUT2D eigenvalue weighted by atomic mass is 10.2. The van der Waals surface area contributed by atoms with Crippen molar-refractivity contribution >= 4 is 5.82 Å². The molecule has 0 aromatic carbocycles. The van der Waals surface area contributed by atoms with E-state index >= 15 is 0 Å². The fraction of sp³-hybridized carbons (Fsp3) is 0.143. The molecule has 0 spiro atoms. The van der Waals surface area contributed by atoms with Crippen LogP contribution < -0.4 is 5.73 Å². The molecule has 1 rings (SSSR count). The van der Waals surface area contributed by atoms with Crippen LogP contribution in [0.5, 0.6) is 0 Å². The summed E-state index contributed by atoms with van der Waals surface area (Å²) in [6, 6.07) is 5.51. The van der Waals surface area contributed by atoms with Crippen molar-refractivity contribution in [2.75, 3.05) is 5.73 Å². The maximum Gasteiger partial charge on any atom is 0.123 e. The molecular formula is C7H7N3. The molecule has 50 valence electrons. The van der Waals surface area contributed by atoms with Gasteiger partial charge in [-0.2, -0.15) is 5.26 Å². The molecule has 0 saturated carbocycles. The lowest BCUT2D eigenvalue weighted by molar-refractivity contribution is 1.20. The maximum absolute atomic E-state index is 8.28. The van der Waals surface area contributed by atoms with E-state index in [9.17, 15) is 0 Å². The van der Waals surface area contributed by atoms with Crippen LogP contribution in [0.15, 0.2) is 18.3 Å². The van der Waals surface area contributed by atoms with E-state index in [0.717, 1.165) is 5.56 Å². The zero-order valence-electron chi connectivity index (χ0n) is 5.41. The number of rotatable bonds is 1. The zero-order chi connectivity index (χ0) is 7.40. The Bertz CT molecular complexity index is 245. The van der Waals surface area contributed by atoms with Crippen LogP contribution in [-0.2, 0) is 6.42 Å². The number of aromatic nitrogens is 1. The van der Waals surface area contributed by atoms with Gasteiger partial charge >= 0.3 is 0 Å². The number of hydrogen-bond acceptors (Lipinski definition) is 3. The van der Waals surface area contributed by atoms with Crippen molar-refractivity contribution < 1.29 is 0 Å². The Hall–Kier alpha value is -1.56. The SMILES string of the molecule is N#CCc1ccc(N)nc1. The number of nitrogens with zero attached hydrogens (tertiary/aromatic N) is 2. The molecule has 1 heterocycles. The summed E-state index contributed by atoms with van der Waals surface area (Å²) in [4.78, 5) is 3.82. The van der Waals surface area contributed by atoms with Crippen molar-refractivity contribution in [1.82, 2.24) is 4.98 Å². The summed E-state index contributed by atoms with van der Waals surface area (Å²) in [6.07, 6.45) is 2.01. The predicted octanol–water partition coefficient (Wildman–Crippen LogP) is 0.730. The monoisotopic (exact) mass is 133 g/mol. The van der Waals surface area contributed by atoms with Gasteiger partial charge in [-0.25, -0.2) is 4.98 Å². The molecule has 2 N–H and O–H groups in total. The van der Waals surface area contributed by atoms with E-state index in [1.54, 1.807) is 18.3 Å². The van der Waals surface area contributed by atoms with Gasteiger partial charge in [0.1, 0.15) is 5.82 Å². The molecule has 0 unspecified atom stereocenters. The summed E-state index contributed by atoms with van der Waals surface area (Å²) in [5.74, 6) is 0.488. The summed E-state index contributed by atoms with van der Waals surface area (Å²) in [6.45, 7) is 0. The first-order valence-electron chi connectivity index (χ1n) is 2.90. The van der Waals surface area contributed by atoms with Crippen LogP contribution in [0.2, 0.25) is 0 Å². The topological polar surface area (TPSA) is 62.7 Å². The Kier molecular flexibility index (Phi) is 1.86. The highest BCUT2D eigenvalue weighted by molar-refractivity contribution is 5.30. The van der Waals surface area contributed by atoms with Crippen molar-refractivity contribution in [3.63, 3.8) is 0 Å². The molecule has 1 aromatic rings. The van der Waals surface area contributed by atoms with Gasteiger partial charge in [0.2, 0.25) is 0 Å². The fourth-order valence-corrected chi connectivity index (χ4v) is 0.632. The Balaban J connectivity index is 2.81. The van der Waals surface area contributed by atoms with E-state index in [2.05, 4.69) is 4.98 Å². The summed E-state index contributed by atoms with van der Waals surface area (Å²) in [7, 11) is 0. The van der Waals surface area contributed by atoms with Crippen molar-refractivity contribution in [3.8, 4) is 6.07 Å². The first-order chi connectivity index (χ1) is 4.83. The number of hydrogen-bond donors (Lipinski definition) is 1. The Morgan fingerprint density at radius 2 is 2.40 bits per heavy atom. The van der Waals surface area contributed by atoms with Gasteiger partial charge in [-0.3, -0.25) is 0 Å². The minimum atomic E-state index is 0.396. The molecule has 0 radical (unpaired) electrons. The maximum atomic E-state index is 8.28. The van der Waals surface area contributed by atoms with E-state index in [4.69, 9.17) is 11.0 Å². The number of pyridine rings is 1. The minimum Gasteiger partial charge on any atom is -0.384 e. The zero-order valence-corrected chi connectivity index (χ0v) is 5.41. The van der Waals surface area contributed by atoms with Gasteiger partial charge in [0.25, 0.3) is 0 Å². The van der Waals surface area contributed by atoms with Crippen LogP contribution in [-0.4, -0.2) is 4.98 Å². The molecular weight excluding hydrogens is 126 g/mol. The molecule has 0 aliphatic carbocycles. The van der Waals surface area contributed by atoms with Gasteiger partial charge in [0.05, 0.1) is 12.5 Å². The van der Waals surface area contributed by atoms with Crippen LogP contribution in [0.4, 0.5) is 5.82 Å². The lowest BCUT2D eigenvalue weighted by Gasteiger charge is -1.92. The van der Waals surface area contributed by atoms with Gasteiger partial charge in [0.15, 0.2) is 0 Å². The summed E-state index contributed by atoms with van der Waals surface area (Å²) in [5, 5.41) is 8.28. The van der Waals surface area contributed by atoms with Crippen molar-refractivity contribution in [1.29, 1.82) is 5.26 Å². The first kappa shape index (κ1) is 6.56. The molecule has 0 bridgehead atoms. The quantitative estimate of drug-likeness (QED) is 0.614. The molecule has 0 aliphatic heterocycles. The molecule has 0 saturated heterocycles. The highest BCUT2D eigenvalue weighted by Crippen LogP contribution is 2.00. The number of anilines is 1. The number of nitrogens with two attached hydrogens (primary N) is 1. The summed E-state index contributed by atoms with van der Waals surface area (Å²) >= 11 is 0. The normalized spacial score (nSPS) is 8.70. The second-order valence-electron chi connectivity index (χ2n) is 1.93. The molecule has 0 atom stereocenters. The average Bonchev–Trinajstić information content (AvgIpc) is 1.95. The van der Waals surface area contributed by atoms with Crippen molar-refractivity contribution in [3.05, 3.63) is 23.9 Å². The van der Waals surface area contributed by atoms with E-state index in [1.165, 1.54) is 0 Å². The van der Waals surface area contributed by atoms with Crippen LogP contribution in [0.3, 0.4) is 0 Å². The third-order valence-electron chi connectivity index (χ3n) is 1.13. The lowest BCUT2D eigenvalue weighted by Crippen LogP contribution is -1.90. The summed E-state index contributed by atoms with van der Waals surface area (Å²) in [5.41, 5.74) is 6.23. The Labute approximate surface area is 59.1 Å². The van der Waals surface area contributed by atoms with Crippen molar-refractivity contribution in [2.24, 2.45) is 0 Å². The van der Waals surface area contributed by atoms with Crippen LogP contribution in [0.25, 0.3) is 0 Å². The van der Waals surface area contributed by atoms with E-state index in [-0.39, 0.29) is 0 Å². The molecule has 0 aliphatic rings. The van der Waals surface area contributed by atoms with Gasteiger partial charge < -0.3 is 5.73 Å². The number of nitriles is 1. The Morgan fingerprint density at radius 3 is 2.90 bits per heavy atom. The second kappa shape index (κ2) is 2.83. The second-order valence-corrected chi connectivity index (χ2v) is 1.93. The van der Waals surface area contributed by atoms with Gasteiger partial charge in [-0.1, -0.05) is 6.07 Å². The van der Waals surface area contributed by atoms with E-state index in [0.29, 0.717) is 12.2 Å². The third-order valence-corrected chi connectivity index (χ3v) is 1.13. The standard InChI is InChI=1S/C7H7N3/c8-4-3-6-1-2-7(9)10-5-6/h1-2,5H,3H2,(H2,9,10). The van der Waals surface area contributed by atoms with Crippen LogP contribution in [0.1, 0.15) is 5.56 Å². The molecule has 3 nitrogen and oxygen atoms in total. The van der Waals surface area contributed by atoms with Crippen LogP contribution >= 0.6 is 0 Å². The van der Waals surface area contributed by atoms with E-state index in [1.807, 2.05) is 6.07 Å². The molecule has 1 aromatic heterocycles. The molecule has 10 heavy (non-hydrogen) atoms. The van der Waals surface area contributed by atoms with Crippen molar-refractivity contribution in [2.45, 2.75) is 6.42 Å². The van der Waals surface area contributed by atoms with Gasteiger partial charge in [-0.15, -0.1) is 0 Å². The van der Waals surface area contributed by atoms with Crippen LogP contribution in [0, 0.1) is 11.3 Å². The molecule has 3 heteroatoms. The highest BCUT2D eigenvalue weighted by Gasteiger charge is 1.89. The van der Waals surface area contributed by atoms with Gasteiger partial charge in [-0.05, 0) is 11.6 Å². The minimum absolute atomic E-state index is 0.396. The largest absolute Gasteiger partial charge is 0.384 e. The number of nitrogen functional groups attached to an aromatic ring is 1. The highest BCUT2D eigenvalue weighted by atomic mass is 14.8. The van der Waals surface area contributed by atoms with E-state index < -0.39 is 0 Å². The van der Waals surface area contributed by atoms with Gasteiger partial charge in [0, 0.05) is 6.20 Å². The third kappa shape index (κ3) is 1.46. The average molecular weight is 133 g/mol. The fourth-order valence-electron chi connectivity index (χ4n) is 0.632. The first-order valence-corrected chi connectivity index (χ1v) is 2.90. The Morgan fingerprint density at radius 1 is 1.60 bits per heavy atom. The predicted molar refractivity (Wildman–Crippen MR) is 38.0 cm³/mol.